The summed E-state index contributed by atoms with van der Waals surface area (Å²) in [6.07, 6.45) is 1.32. The second-order valence-electron chi connectivity index (χ2n) is 8.49. The highest BCUT2D eigenvalue weighted by Gasteiger charge is 2.55. The summed E-state index contributed by atoms with van der Waals surface area (Å²) in [5.74, 6) is -4.90. The third kappa shape index (κ3) is 3.80. The highest BCUT2D eigenvalue weighted by molar-refractivity contribution is 7.92. The van der Waals surface area contributed by atoms with Crippen molar-refractivity contribution in [2.75, 3.05) is 11.9 Å². The molecule has 4 atom stereocenters. The fraction of sp³-hybridized carbons (Fsp3) is 0.409. The van der Waals surface area contributed by atoms with Crippen LogP contribution in [0.15, 0.2) is 41.3 Å². The second-order valence-corrected chi connectivity index (χ2v) is 10.7. The molecule has 0 aromatic heterocycles. The van der Waals surface area contributed by atoms with Crippen molar-refractivity contribution in [2.24, 2.45) is 11.8 Å². The number of carbonyl (C=O) groups excluding carboxylic acids is 1. The van der Waals surface area contributed by atoms with Crippen LogP contribution in [0.4, 0.5) is 18.9 Å². The van der Waals surface area contributed by atoms with Gasteiger partial charge in [0.05, 0.1) is 17.5 Å². The van der Waals surface area contributed by atoms with Gasteiger partial charge >= 0.3 is 0 Å². The van der Waals surface area contributed by atoms with Crippen molar-refractivity contribution in [2.45, 2.75) is 41.4 Å². The lowest BCUT2D eigenvalue weighted by Gasteiger charge is -2.41. The maximum Gasteiger partial charge on any atom is 0.255 e. The van der Waals surface area contributed by atoms with Crippen LogP contribution in [-0.2, 0) is 9.84 Å². The fourth-order valence-electron chi connectivity index (χ4n) is 4.94. The molecule has 10 heteroatoms. The van der Waals surface area contributed by atoms with Crippen LogP contribution in [0.25, 0.3) is 0 Å². The van der Waals surface area contributed by atoms with Crippen LogP contribution in [0, 0.1) is 29.3 Å². The third-order valence-electron chi connectivity index (χ3n) is 6.74. The standard InChI is InChI=1S/C22H22F3NO5S/c23-17-6-4-15(10-19(17)25)26-21(28)12-1-5-18(24)20(7-12)32(30,31)16-8-13-2-3-14(9-16)22(13,29)11-27/h1,4-7,10,13-14,16,27,29H,2-3,8-9,11H2,(H,26,28)/t13-,14?,16-,22-/m0/s1. The maximum atomic E-state index is 14.5. The second kappa shape index (κ2) is 8.17. The molecule has 0 radical (unpaired) electrons. The van der Waals surface area contributed by atoms with Crippen LogP contribution in [0.2, 0.25) is 0 Å². The summed E-state index contributed by atoms with van der Waals surface area (Å²) in [5, 5.41) is 21.6. The molecule has 0 heterocycles. The number of amides is 1. The number of carbonyl (C=O) groups is 1. The number of benzene rings is 2. The first-order chi connectivity index (χ1) is 15.1. The largest absolute Gasteiger partial charge is 0.393 e. The number of aliphatic hydroxyl groups is 2. The zero-order valence-corrected chi connectivity index (χ0v) is 17.7. The van der Waals surface area contributed by atoms with Crippen molar-refractivity contribution < 1.29 is 36.6 Å². The number of anilines is 1. The number of sulfone groups is 1. The van der Waals surface area contributed by atoms with E-state index in [4.69, 9.17) is 0 Å². The first kappa shape index (κ1) is 22.8. The predicted molar refractivity (Wildman–Crippen MR) is 109 cm³/mol. The van der Waals surface area contributed by atoms with E-state index in [0.717, 1.165) is 36.4 Å². The summed E-state index contributed by atoms with van der Waals surface area (Å²) in [6, 6.07) is 5.63. The molecule has 32 heavy (non-hydrogen) atoms. The van der Waals surface area contributed by atoms with Crippen LogP contribution in [-0.4, -0.2) is 42.0 Å². The predicted octanol–water partition coefficient (Wildman–Crippen LogP) is 3.04. The Morgan fingerprint density at radius 1 is 1.00 bits per heavy atom. The summed E-state index contributed by atoms with van der Waals surface area (Å²) in [6.45, 7) is -0.455. The normalized spacial score (nSPS) is 27.3. The highest BCUT2D eigenvalue weighted by atomic mass is 32.2. The molecule has 2 fully saturated rings. The molecule has 2 bridgehead atoms. The van der Waals surface area contributed by atoms with Gasteiger partial charge in [0.25, 0.3) is 5.91 Å². The number of aliphatic hydroxyl groups excluding tert-OH is 1. The Bertz CT molecular complexity index is 1160. The summed E-state index contributed by atoms with van der Waals surface area (Å²) in [7, 11) is -4.18. The lowest BCUT2D eigenvalue weighted by molar-refractivity contribution is -0.0944. The topological polar surface area (TPSA) is 104 Å². The summed E-state index contributed by atoms with van der Waals surface area (Å²) in [4.78, 5) is 11.9. The Morgan fingerprint density at radius 3 is 2.22 bits per heavy atom. The Balaban J connectivity index is 1.59. The zero-order valence-electron chi connectivity index (χ0n) is 16.9. The SMILES string of the molecule is O=C(Nc1ccc(F)c(F)c1)c1ccc(F)c(S(=O)(=O)[C@@H]2CC3CC[C@@H](C2)[C@@]3(O)CO)c1. The van der Waals surface area contributed by atoms with Crippen LogP contribution in [0.1, 0.15) is 36.0 Å². The number of rotatable bonds is 5. The molecular formula is C22H22F3NO5S. The lowest BCUT2D eigenvalue weighted by atomic mass is 9.75. The monoisotopic (exact) mass is 469 g/mol. The summed E-state index contributed by atoms with van der Waals surface area (Å²) < 4.78 is 67.5. The van der Waals surface area contributed by atoms with Crippen molar-refractivity contribution >= 4 is 21.4 Å². The quantitative estimate of drug-likeness (QED) is 0.625. The van der Waals surface area contributed by atoms with E-state index < -0.39 is 67.4 Å². The highest BCUT2D eigenvalue weighted by Crippen LogP contribution is 2.51. The number of fused-ring (bicyclic) bond motifs is 2. The summed E-state index contributed by atoms with van der Waals surface area (Å²) in [5.41, 5.74) is -1.54. The van der Waals surface area contributed by atoms with Crippen LogP contribution in [0.5, 0.6) is 0 Å². The molecule has 2 aromatic carbocycles. The Morgan fingerprint density at radius 2 is 1.62 bits per heavy atom. The van der Waals surface area contributed by atoms with Gasteiger partial charge in [-0.3, -0.25) is 4.79 Å². The van der Waals surface area contributed by atoms with Gasteiger partial charge < -0.3 is 15.5 Å². The Kier molecular flexibility index (Phi) is 5.81. The number of halogens is 3. The molecule has 0 spiro atoms. The minimum Gasteiger partial charge on any atom is -0.393 e. The Labute approximate surface area is 183 Å². The van der Waals surface area contributed by atoms with Crippen molar-refractivity contribution in [3.05, 3.63) is 59.4 Å². The van der Waals surface area contributed by atoms with Crippen molar-refractivity contribution in [3.63, 3.8) is 0 Å². The average Bonchev–Trinajstić information content (AvgIpc) is 2.92. The van der Waals surface area contributed by atoms with Gasteiger partial charge in [0, 0.05) is 17.3 Å². The lowest BCUT2D eigenvalue weighted by Crippen LogP contribution is -2.50. The molecule has 6 nitrogen and oxygen atoms in total. The molecule has 4 rings (SSSR count). The maximum absolute atomic E-state index is 14.5. The molecule has 2 aliphatic rings. The van der Waals surface area contributed by atoms with Gasteiger partial charge in [-0.25, -0.2) is 21.6 Å². The van der Waals surface area contributed by atoms with Crippen LogP contribution < -0.4 is 5.32 Å². The van der Waals surface area contributed by atoms with Gasteiger partial charge in [-0.15, -0.1) is 0 Å². The third-order valence-corrected chi connectivity index (χ3v) is 8.93. The van der Waals surface area contributed by atoms with Crippen molar-refractivity contribution in [1.82, 2.24) is 0 Å². The molecule has 3 N–H and O–H groups in total. The zero-order chi connectivity index (χ0) is 23.3. The average molecular weight is 469 g/mol. The fourth-order valence-corrected chi connectivity index (χ4v) is 6.90. The Hall–Kier alpha value is -2.43. The van der Waals surface area contributed by atoms with E-state index in [9.17, 15) is 36.6 Å². The molecule has 1 amide bonds. The van der Waals surface area contributed by atoms with Gasteiger partial charge in [-0.1, -0.05) is 0 Å². The van der Waals surface area contributed by atoms with E-state index >= 15 is 0 Å². The molecule has 1 unspecified atom stereocenters. The number of hydrogen-bond donors (Lipinski definition) is 3. The molecule has 0 aliphatic heterocycles. The van der Waals surface area contributed by atoms with E-state index in [-0.39, 0.29) is 24.1 Å². The van der Waals surface area contributed by atoms with Crippen molar-refractivity contribution in [3.8, 4) is 0 Å². The van der Waals surface area contributed by atoms with Crippen LogP contribution in [0.3, 0.4) is 0 Å². The minimum absolute atomic E-state index is 0.0465. The minimum atomic E-state index is -4.18. The first-order valence-corrected chi connectivity index (χ1v) is 11.7. The van der Waals surface area contributed by atoms with Crippen LogP contribution >= 0.6 is 0 Å². The van der Waals surface area contributed by atoms with E-state index in [1.807, 2.05) is 0 Å². The molecule has 2 aromatic rings. The van der Waals surface area contributed by atoms with Crippen molar-refractivity contribution in [1.29, 1.82) is 0 Å². The number of nitrogens with one attached hydrogen (secondary N) is 1. The van der Waals surface area contributed by atoms with Gasteiger partial charge in [0.2, 0.25) is 0 Å². The number of hydrogen-bond acceptors (Lipinski definition) is 5. The van der Waals surface area contributed by atoms with Gasteiger partial charge in [0.15, 0.2) is 21.5 Å². The first-order valence-electron chi connectivity index (χ1n) is 10.2. The van der Waals surface area contributed by atoms with E-state index in [1.165, 1.54) is 0 Å². The van der Waals surface area contributed by atoms with E-state index in [1.54, 1.807) is 0 Å². The van der Waals surface area contributed by atoms with E-state index in [0.29, 0.717) is 12.8 Å². The van der Waals surface area contributed by atoms with Gasteiger partial charge in [-0.2, -0.15) is 0 Å². The molecule has 2 saturated carbocycles. The molecule has 2 aliphatic carbocycles. The molecule has 0 saturated heterocycles. The smallest absolute Gasteiger partial charge is 0.255 e. The van der Waals surface area contributed by atoms with E-state index in [2.05, 4.69) is 5.32 Å². The molecular weight excluding hydrogens is 447 g/mol. The van der Waals surface area contributed by atoms with Gasteiger partial charge in [-0.05, 0) is 67.9 Å². The molecule has 172 valence electrons. The van der Waals surface area contributed by atoms with Gasteiger partial charge in [0.1, 0.15) is 10.7 Å². The summed E-state index contributed by atoms with van der Waals surface area (Å²) >= 11 is 0.